The van der Waals surface area contributed by atoms with Crippen LogP contribution >= 0.6 is 0 Å². The number of nitrogens with one attached hydrogen (secondary N) is 2. The molecule has 108 valence electrons. The minimum absolute atomic E-state index is 0.0231. The highest BCUT2D eigenvalue weighted by molar-refractivity contribution is 6.04. The van der Waals surface area contributed by atoms with Gasteiger partial charge < -0.3 is 10.6 Å². The molecule has 5 heteroatoms. The van der Waals surface area contributed by atoms with Crippen LogP contribution in [0, 0.1) is 0 Å². The van der Waals surface area contributed by atoms with Crippen molar-refractivity contribution in [2.75, 3.05) is 10.6 Å². The molecule has 0 radical (unpaired) electrons. The highest BCUT2D eigenvalue weighted by atomic mass is 16.2. The van der Waals surface area contributed by atoms with Crippen LogP contribution in [0.25, 0.3) is 0 Å². The number of carbonyl (C=O) groups is 2. The van der Waals surface area contributed by atoms with Crippen LogP contribution < -0.4 is 10.6 Å². The molecule has 0 aliphatic heterocycles. The summed E-state index contributed by atoms with van der Waals surface area (Å²) in [6.07, 6.45) is 4.52. The predicted molar refractivity (Wildman–Crippen MR) is 82.2 cm³/mol. The van der Waals surface area contributed by atoms with E-state index >= 15 is 0 Å². The van der Waals surface area contributed by atoms with Gasteiger partial charge in [0.1, 0.15) is 0 Å². The van der Waals surface area contributed by atoms with E-state index in [1.807, 2.05) is 6.92 Å². The summed E-state index contributed by atoms with van der Waals surface area (Å²) in [5.74, 6) is -0.237. The van der Waals surface area contributed by atoms with Gasteiger partial charge in [0.05, 0.1) is 11.9 Å². The average molecular weight is 283 g/mol. The Labute approximate surface area is 123 Å². The summed E-state index contributed by atoms with van der Waals surface area (Å²) >= 11 is 0. The molecule has 0 fully saturated rings. The number of hydrogen-bond acceptors (Lipinski definition) is 3. The highest BCUT2D eigenvalue weighted by Crippen LogP contribution is 2.12. The minimum atomic E-state index is -0.213. The topological polar surface area (TPSA) is 71.1 Å². The normalized spacial score (nSPS) is 9.95. The number of pyridine rings is 1. The Balaban J connectivity index is 1.98. The number of rotatable bonds is 5. The van der Waals surface area contributed by atoms with Crippen molar-refractivity contribution in [2.24, 2.45) is 0 Å². The van der Waals surface area contributed by atoms with Gasteiger partial charge in [-0.1, -0.05) is 6.92 Å². The van der Waals surface area contributed by atoms with Crippen LogP contribution in [-0.2, 0) is 4.79 Å². The first-order valence-electron chi connectivity index (χ1n) is 6.80. The summed E-state index contributed by atoms with van der Waals surface area (Å²) in [6.45, 7) is 1.95. The van der Waals surface area contributed by atoms with Crippen molar-refractivity contribution in [1.82, 2.24) is 4.98 Å². The van der Waals surface area contributed by atoms with Gasteiger partial charge in [0, 0.05) is 23.9 Å². The fraction of sp³-hybridized carbons (Fsp3) is 0.188. The molecule has 2 aromatic rings. The third kappa shape index (κ3) is 4.42. The number of anilines is 2. The van der Waals surface area contributed by atoms with Crippen LogP contribution in [0.1, 0.15) is 30.1 Å². The van der Waals surface area contributed by atoms with E-state index in [9.17, 15) is 9.59 Å². The standard InChI is InChI=1S/C16H17N3O2/c1-2-4-15(20)18-13-8-6-12(7-9-13)16(21)19-14-5-3-10-17-11-14/h3,5-11H,2,4H2,1H3,(H,18,20)(H,19,21). The molecule has 0 atom stereocenters. The quantitative estimate of drug-likeness (QED) is 0.885. The Kier molecular flexibility index (Phi) is 5.04. The van der Waals surface area contributed by atoms with E-state index in [1.54, 1.807) is 48.8 Å². The first-order valence-corrected chi connectivity index (χ1v) is 6.80. The molecule has 0 bridgehead atoms. The number of nitrogens with zero attached hydrogens (tertiary/aromatic N) is 1. The fourth-order valence-corrected chi connectivity index (χ4v) is 1.80. The summed E-state index contributed by atoms with van der Waals surface area (Å²) in [5.41, 5.74) is 1.85. The van der Waals surface area contributed by atoms with Gasteiger partial charge in [0.2, 0.25) is 5.91 Å². The minimum Gasteiger partial charge on any atom is -0.326 e. The van der Waals surface area contributed by atoms with Gasteiger partial charge in [-0.2, -0.15) is 0 Å². The van der Waals surface area contributed by atoms with E-state index in [0.29, 0.717) is 23.4 Å². The number of hydrogen-bond donors (Lipinski definition) is 2. The molecule has 0 saturated carbocycles. The highest BCUT2D eigenvalue weighted by Gasteiger charge is 2.07. The second kappa shape index (κ2) is 7.19. The third-order valence-corrected chi connectivity index (χ3v) is 2.83. The maximum absolute atomic E-state index is 12.0. The molecule has 0 saturated heterocycles. The van der Waals surface area contributed by atoms with E-state index in [2.05, 4.69) is 15.6 Å². The van der Waals surface area contributed by atoms with E-state index in [4.69, 9.17) is 0 Å². The Morgan fingerprint density at radius 2 is 1.81 bits per heavy atom. The van der Waals surface area contributed by atoms with Crippen LogP contribution in [0.3, 0.4) is 0 Å². The van der Waals surface area contributed by atoms with Crippen molar-refractivity contribution in [3.05, 3.63) is 54.4 Å². The van der Waals surface area contributed by atoms with E-state index < -0.39 is 0 Å². The predicted octanol–water partition coefficient (Wildman–Crippen LogP) is 3.07. The zero-order valence-electron chi connectivity index (χ0n) is 11.8. The molecule has 2 N–H and O–H groups in total. The number of amides is 2. The summed E-state index contributed by atoms with van der Waals surface area (Å²) in [7, 11) is 0. The van der Waals surface area contributed by atoms with Crippen molar-refractivity contribution >= 4 is 23.2 Å². The number of benzene rings is 1. The lowest BCUT2D eigenvalue weighted by Crippen LogP contribution is -2.13. The summed E-state index contributed by atoms with van der Waals surface area (Å²) in [6, 6.07) is 10.3. The SMILES string of the molecule is CCCC(=O)Nc1ccc(C(=O)Nc2cccnc2)cc1. The Morgan fingerprint density at radius 1 is 1.05 bits per heavy atom. The van der Waals surface area contributed by atoms with Gasteiger partial charge in [-0.25, -0.2) is 0 Å². The van der Waals surface area contributed by atoms with Crippen LogP contribution in [0.4, 0.5) is 11.4 Å². The molecule has 0 unspecified atom stereocenters. The lowest BCUT2D eigenvalue weighted by Gasteiger charge is -2.07. The van der Waals surface area contributed by atoms with Crippen molar-refractivity contribution < 1.29 is 9.59 Å². The molecule has 21 heavy (non-hydrogen) atoms. The average Bonchev–Trinajstić information content (AvgIpc) is 2.49. The van der Waals surface area contributed by atoms with Gasteiger partial charge in [-0.3, -0.25) is 14.6 Å². The van der Waals surface area contributed by atoms with Gasteiger partial charge in [-0.15, -0.1) is 0 Å². The van der Waals surface area contributed by atoms with Crippen molar-refractivity contribution in [1.29, 1.82) is 0 Å². The van der Waals surface area contributed by atoms with Crippen molar-refractivity contribution in [3.63, 3.8) is 0 Å². The van der Waals surface area contributed by atoms with Crippen LogP contribution in [0.2, 0.25) is 0 Å². The van der Waals surface area contributed by atoms with Gasteiger partial charge in [0.15, 0.2) is 0 Å². The summed E-state index contributed by atoms with van der Waals surface area (Å²) < 4.78 is 0. The zero-order valence-corrected chi connectivity index (χ0v) is 11.8. The van der Waals surface area contributed by atoms with Gasteiger partial charge in [-0.05, 0) is 42.8 Å². The first kappa shape index (κ1) is 14.7. The smallest absolute Gasteiger partial charge is 0.255 e. The maximum atomic E-state index is 12.0. The van der Waals surface area contributed by atoms with E-state index in [0.717, 1.165) is 6.42 Å². The molecule has 2 rings (SSSR count). The summed E-state index contributed by atoms with van der Waals surface area (Å²) in [4.78, 5) is 27.4. The second-order valence-electron chi connectivity index (χ2n) is 4.57. The largest absolute Gasteiger partial charge is 0.326 e. The first-order chi connectivity index (χ1) is 10.2. The van der Waals surface area contributed by atoms with Crippen LogP contribution in [0.15, 0.2) is 48.8 Å². The van der Waals surface area contributed by atoms with Crippen LogP contribution in [-0.4, -0.2) is 16.8 Å². The molecule has 2 amide bonds. The van der Waals surface area contributed by atoms with Crippen molar-refractivity contribution in [3.8, 4) is 0 Å². The van der Waals surface area contributed by atoms with Crippen molar-refractivity contribution in [2.45, 2.75) is 19.8 Å². The molecule has 0 spiro atoms. The lowest BCUT2D eigenvalue weighted by molar-refractivity contribution is -0.116. The molecular formula is C16H17N3O2. The molecule has 1 aromatic heterocycles. The maximum Gasteiger partial charge on any atom is 0.255 e. The summed E-state index contributed by atoms with van der Waals surface area (Å²) in [5, 5.41) is 5.53. The van der Waals surface area contributed by atoms with Crippen LogP contribution in [0.5, 0.6) is 0 Å². The third-order valence-electron chi connectivity index (χ3n) is 2.83. The molecule has 5 nitrogen and oxygen atoms in total. The Hall–Kier alpha value is -2.69. The lowest BCUT2D eigenvalue weighted by atomic mass is 10.2. The number of aromatic nitrogens is 1. The molecule has 1 aromatic carbocycles. The number of carbonyl (C=O) groups excluding carboxylic acids is 2. The molecule has 0 aliphatic carbocycles. The van der Waals surface area contributed by atoms with Gasteiger partial charge in [0.25, 0.3) is 5.91 Å². The van der Waals surface area contributed by atoms with E-state index in [-0.39, 0.29) is 11.8 Å². The van der Waals surface area contributed by atoms with E-state index in [1.165, 1.54) is 0 Å². The Morgan fingerprint density at radius 3 is 2.43 bits per heavy atom. The molecule has 0 aliphatic rings. The van der Waals surface area contributed by atoms with Gasteiger partial charge >= 0.3 is 0 Å². The monoisotopic (exact) mass is 283 g/mol. The Bertz CT molecular complexity index is 609. The molecule has 1 heterocycles. The fourth-order valence-electron chi connectivity index (χ4n) is 1.80. The second-order valence-corrected chi connectivity index (χ2v) is 4.57. The molecular weight excluding hydrogens is 266 g/mol. The zero-order chi connectivity index (χ0) is 15.1.